The summed E-state index contributed by atoms with van der Waals surface area (Å²) in [7, 11) is 2.04. The molecule has 2 N–H and O–H groups in total. The second-order valence-corrected chi connectivity index (χ2v) is 5.11. The van der Waals surface area contributed by atoms with Gasteiger partial charge in [0.15, 0.2) is 0 Å². The Morgan fingerprint density at radius 3 is 2.89 bits per heavy atom. The van der Waals surface area contributed by atoms with Gasteiger partial charge in [0.1, 0.15) is 17.9 Å². The first-order chi connectivity index (χ1) is 8.61. The summed E-state index contributed by atoms with van der Waals surface area (Å²) in [4.78, 5) is 4.59. The van der Waals surface area contributed by atoms with Crippen LogP contribution in [0.25, 0.3) is 0 Å². The second-order valence-electron chi connectivity index (χ2n) is 3.69. The molecule has 7 heteroatoms. The maximum absolute atomic E-state index is 12.2. The summed E-state index contributed by atoms with van der Waals surface area (Å²) < 4.78 is 18.9. The predicted molar refractivity (Wildman–Crippen MR) is 68.5 cm³/mol. The Hall–Kier alpha value is -1.89. The van der Waals surface area contributed by atoms with Crippen molar-refractivity contribution in [2.75, 3.05) is 12.8 Å². The van der Waals surface area contributed by atoms with Crippen LogP contribution >= 0.6 is 0 Å². The van der Waals surface area contributed by atoms with E-state index in [1.54, 1.807) is 37.0 Å². The summed E-state index contributed by atoms with van der Waals surface area (Å²) in [6.45, 7) is 0. The summed E-state index contributed by atoms with van der Waals surface area (Å²) in [5.74, 6) is 1.55. The Labute approximate surface area is 107 Å². The molecule has 1 aromatic heterocycles. The quantitative estimate of drug-likeness (QED) is 0.824. The predicted octanol–water partition coefficient (Wildman–Crippen LogP) is 0.714. The minimum atomic E-state index is -1.27. The van der Waals surface area contributed by atoms with Crippen LogP contribution in [0.4, 0.5) is 5.69 Å². The molecule has 0 aliphatic carbocycles. The van der Waals surface area contributed by atoms with Gasteiger partial charge >= 0.3 is 0 Å². The molecule has 2 rings (SSSR count). The highest BCUT2D eigenvalue weighted by molar-refractivity contribution is 7.84. The van der Waals surface area contributed by atoms with Gasteiger partial charge in [-0.25, -0.2) is 4.98 Å². The third-order valence-electron chi connectivity index (χ3n) is 2.53. The van der Waals surface area contributed by atoms with Crippen LogP contribution < -0.4 is 10.5 Å². The Kier molecular flexibility index (Phi) is 3.61. The molecule has 0 aliphatic rings. The van der Waals surface area contributed by atoms with Crippen molar-refractivity contribution >= 4 is 16.5 Å². The fourth-order valence-electron chi connectivity index (χ4n) is 1.48. The number of aromatic nitrogens is 3. The summed E-state index contributed by atoms with van der Waals surface area (Å²) in [5.41, 5.74) is 6.30. The van der Waals surface area contributed by atoms with E-state index in [1.807, 2.05) is 0 Å². The lowest BCUT2D eigenvalue weighted by Crippen LogP contribution is -2.06. The molecule has 0 saturated heterocycles. The van der Waals surface area contributed by atoms with Crippen LogP contribution in [0.3, 0.4) is 0 Å². The van der Waals surface area contributed by atoms with E-state index in [0.29, 0.717) is 22.2 Å². The molecule has 0 fully saturated rings. The molecular formula is C11H14N4O2S. The van der Waals surface area contributed by atoms with E-state index in [1.165, 1.54) is 6.33 Å². The van der Waals surface area contributed by atoms with Crippen LogP contribution in [0, 0.1) is 0 Å². The fraction of sp³-hybridized carbons (Fsp3) is 0.273. The number of nitrogen functional groups attached to an aromatic ring is 1. The number of hydrogen-bond donors (Lipinski definition) is 1. The number of anilines is 1. The topological polar surface area (TPSA) is 83.0 Å². The van der Waals surface area contributed by atoms with Crippen LogP contribution in [0.5, 0.6) is 5.75 Å². The van der Waals surface area contributed by atoms with Gasteiger partial charge in [-0.05, 0) is 18.2 Å². The normalized spacial score (nSPS) is 12.3. The van der Waals surface area contributed by atoms with Gasteiger partial charge in [-0.1, -0.05) is 0 Å². The minimum absolute atomic E-state index is 0.272. The van der Waals surface area contributed by atoms with Gasteiger partial charge in [0.25, 0.3) is 0 Å². The average molecular weight is 266 g/mol. The summed E-state index contributed by atoms with van der Waals surface area (Å²) in [6, 6.07) is 5.10. The maximum atomic E-state index is 12.2. The lowest BCUT2D eigenvalue weighted by Gasteiger charge is -2.07. The van der Waals surface area contributed by atoms with E-state index < -0.39 is 10.8 Å². The molecule has 18 heavy (non-hydrogen) atoms. The molecule has 0 spiro atoms. The van der Waals surface area contributed by atoms with Crippen molar-refractivity contribution < 1.29 is 8.95 Å². The van der Waals surface area contributed by atoms with Gasteiger partial charge in [0.05, 0.1) is 28.6 Å². The van der Waals surface area contributed by atoms with Crippen LogP contribution in [-0.4, -0.2) is 26.1 Å². The Morgan fingerprint density at radius 1 is 1.50 bits per heavy atom. The third-order valence-corrected chi connectivity index (χ3v) is 3.90. The van der Waals surface area contributed by atoms with Crippen molar-refractivity contribution in [3.63, 3.8) is 0 Å². The van der Waals surface area contributed by atoms with Crippen LogP contribution in [0.15, 0.2) is 29.4 Å². The minimum Gasteiger partial charge on any atom is -0.497 e. The largest absolute Gasteiger partial charge is 0.497 e. The molecule has 1 aromatic carbocycles. The molecule has 1 atom stereocenters. The molecule has 96 valence electrons. The fourth-order valence-corrected chi connectivity index (χ4v) is 2.71. The number of methoxy groups -OCH3 is 1. The summed E-state index contributed by atoms with van der Waals surface area (Å²) >= 11 is 0. The highest BCUT2D eigenvalue weighted by atomic mass is 32.2. The van der Waals surface area contributed by atoms with Gasteiger partial charge in [0.2, 0.25) is 0 Å². The van der Waals surface area contributed by atoms with Crippen LogP contribution in [0.1, 0.15) is 5.82 Å². The molecule has 0 saturated carbocycles. The first-order valence-electron chi connectivity index (χ1n) is 5.26. The molecule has 0 amide bonds. The van der Waals surface area contributed by atoms with Crippen LogP contribution in [0.2, 0.25) is 0 Å². The number of nitrogens with two attached hydrogens (primary N) is 1. The molecule has 0 radical (unpaired) electrons. The highest BCUT2D eigenvalue weighted by Crippen LogP contribution is 2.24. The van der Waals surface area contributed by atoms with Crippen molar-refractivity contribution in [3.8, 4) is 5.75 Å². The molecule has 6 nitrogen and oxygen atoms in total. The summed E-state index contributed by atoms with van der Waals surface area (Å²) in [5, 5.41) is 3.93. The van der Waals surface area contributed by atoms with E-state index in [-0.39, 0.29) is 5.75 Å². The lowest BCUT2D eigenvalue weighted by molar-refractivity contribution is 0.413. The van der Waals surface area contributed by atoms with E-state index in [0.717, 1.165) is 0 Å². The van der Waals surface area contributed by atoms with Gasteiger partial charge in [-0.2, -0.15) is 5.10 Å². The standard InChI is InChI=1S/C11H14N4O2S/c1-15-11(13-7-14-15)6-18(16)10-5-8(17-2)3-4-9(10)12/h3-5,7H,6,12H2,1-2H3. The molecule has 2 aromatic rings. The average Bonchev–Trinajstić information content (AvgIpc) is 2.75. The van der Waals surface area contributed by atoms with Crippen molar-refractivity contribution in [1.29, 1.82) is 0 Å². The van der Waals surface area contributed by atoms with E-state index >= 15 is 0 Å². The van der Waals surface area contributed by atoms with E-state index in [2.05, 4.69) is 10.1 Å². The van der Waals surface area contributed by atoms with Gasteiger partial charge in [-0.15, -0.1) is 0 Å². The van der Waals surface area contributed by atoms with Gasteiger partial charge < -0.3 is 10.5 Å². The maximum Gasteiger partial charge on any atom is 0.139 e. The van der Waals surface area contributed by atoms with Gasteiger partial charge in [0, 0.05) is 12.7 Å². The van der Waals surface area contributed by atoms with Crippen molar-refractivity contribution in [2.24, 2.45) is 7.05 Å². The zero-order chi connectivity index (χ0) is 13.1. The van der Waals surface area contributed by atoms with E-state index in [9.17, 15) is 4.21 Å². The van der Waals surface area contributed by atoms with Crippen molar-refractivity contribution in [1.82, 2.24) is 14.8 Å². The van der Waals surface area contributed by atoms with Crippen LogP contribution in [-0.2, 0) is 23.6 Å². The Bertz CT molecular complexity index is 582. The molecular weight excluding hydrogens is 252 g/mol. The van der Waals surface area contributed by atoms with E-state index in [4.69, 9.17) is 10.5 Å². The summed E-state index contributed by atoms with van der Waals surface area (Å²) in [6.07, 6.45) is 1.43. The number of benzene rings is 1. The SMILES string of the molecule is COc1ccc(N)c(S(=O)Cc2ncnn2C)c1. The first kappa shape index (κ1) is 12.6. The lowest BCUT2D eigenvalue weighted by atomic mass is 10.3. The van der Waals surface area contributed by atoms with Crippen molar-refractivity contribution in [3.05, 3.63) is 30.4 Å². The first-order valence-corrected chi connectivity index (χ1v) is 6.58. The Morgan fingerprint density at radius 2 is 2.28 bits per heavy atom. The number of ether oxygens (including phenoxy) is 1. The number of hydrogen-bond acceptors (Lipinski definition) is 5. The number of nitrogens with zero attached hydrogens (tertiary/aromatic N) is 3. The second kappa shape index (κ2) is 5.18. The molecule has 0 bridgehead atoms. The molecule has 0 aliphatic heterocycles. The highest BCUT2D eigenvalue weighted by Gasteiger charge is 2.13. The zero-order valence-electron chi connectivity index (χ0n) is 10.2. The van der Waals surface area contributed by atoms with Gasteiger partial charge in [-0.3, -0.25) is 8.89 Å². The third kappa shape index (κ3) is 2.51. The zero-order valence-corrected chi connectivity index (χ0v) is 11.0. The number of aryl methyl sites for hydroxylation is 1. The molecule has 1 heterocycles. The van der Waals surface area contributed by atoms with Crippen molar-refractivity contribution in [2.45, 2.75) is 10.6 Å². The number of rotatable bonds is 4. The molecule has 1 unspecified atom stereocenters. The monoisotopic (exact) mass is 266 g/mol. The smallest absolute Gasteiger partial charge is 0.139 e. The Balaban J connectivity index is 2.26.